The van der Waals surface area contributed by atoms with Crippen LogP contribution in [-0.4, -0.2) is 36.6 Å². The van der Waals surface area contributed by atoms with Crippen LogP contribution in [0.4, 0.5) is 9.59 Å². The summed E-state index contributed by atoms with van der Waals surface area (Å²) in [6, 6.07) is 1.41. The molecular weight excluding hydrogens is 250 g/mol. The Bertz CT molecular complexity index is 442. The van der Waals surface area contributed by atoms with E-state index in [4.69, 9.17) is 0 Å². The second-order valence-corrected chi connectivity index (χ2v) is 5.72. The fourth-order valence-electron chi connectivity index (χ4n) is 1.81. The molecule has 98 valence electrons. The number of hydrogen-bond donors (Lipinski definition) is 2. The van der Waals surface area contributed by atoms with Crippen molar-refractivity contribution in [2.45, 2.75) is 19.3 Å². The van der Waals surface area contributed by atoms with Gasteiger partial charge in [0, 0.05) is 25.0 Å². The molecule has 1 aliphatic heterocycles. The third-order valence-corrected chi connectivity index (χ3v) is 3.77. The Labute approximate surface area is 110 Å². The highest BCUT2D eigenvalue weighted by Crippen LogP contribution is 2.24. The number of carbonyl (C=O) groups is 2. The maximum atomic E-state index is 11.8. The van der Waals surface area contributed by atoms with Crippen molar-refractivity contribution in [3.63, 3.8) is 0 Å². The summed E-state index contributed by atoms with van der Waals surface area (Å²) in [6.45, 7) is 5.61. The van der Waals surface area contributed by atoms with Crippen molar-refractivity contribution in [3.05, 3.63) is 22.4 Å². The quantitative estimate of drug-likeness (QED) is 0.876. The number of imide groups is 1. The molecule has 1 fully saturated rings. The number of rotatable bonds is 3. The van der Waals surface area contributed by atoms with Crippen LogP contribution >= 0.6 is 11.3 Å². The summed E-state index contributed by atoms with van der Waals surface area (Å²) >= 11 is 1.64. The van der Waals surface area contributed by atoms with Crippen molar-refractivity contribution in [3.8, 4) is 0 Å². The molecule has 4 amide bonds. The molecule has 2 heterocycles. The summed E-state index contributed by atoms with van der Waals surface area (Å²) in [4.78, 5) is 24.4. The van der Waals surface area contributed by atoms with Gasteiger partial charge in [-0.1, -0.05) is 13.8 Å². The standard InChI is InChI=1S/C12H17N3O2S/c1-12(2,9-3-6-18-7-9)8-14-11(17)15-5-4-13-10(15)16/h3,6-7H,4-5,8H2,1-2H3,(H,13,16)(H,14,17). The minimum Gasteiger partial charge on any atom is -0.337 e. The molecule has 2 rings (SSSR count). The van der Waals surface area contributed by atoms with Gasteiger partial charge in [0.1, 0.15) is 0 Å². The van der Waals surface area contributed by atoms with Crippen molar-refractivity contribution in [1.82, 2.24) is 15.5 Å². The van der Waals surface area contributed by atoms with Crippen molar-refractivity contribution in [2.75, 3.05) is 19.6 Å². The van der Waals surface area contributed by atoms with Gasteiger partial charge in [-0.15, -0.1) is 0 Å². The fourth-order valence-corrected chi connectivity index (χ4v) is 2.66. The second kappa shape index (κ2) is 4.97. The average molecular weight is 267 g/mol. The topological polar surface area (TPSA) is 61.4 Å². The van der Waals surface area contributed by atoms with Gasteiger partial charge in [-0.2, -0.15) is 11.3 Å². The normalized spacial score (nSPS) is 15.7. The first-order valence-electron chi connectivity index (χ1n) is 5.86. The van der Waals surface area contributed by atoms with Crippen LogP contribution in [0, 0.1) is 0 Å². The lowest BCUT2D eigenvalue weighted by atomic mass is 9.87. The Morgan fingerprint density at radius 3 is 2.94 bits per heavy atom. The van der Waals surface area contributed by atoms with Crippen LogP contribution in [0.3, 0.4) is 0 Å². The molecule has 0 radical (unpaired) electrons. The van der Waals surface area contributed by atoms with Gasteiger partial charge in [0.15, 0.2) is 0 Å². The van der Waals surface area contributed by atoms with Gasteiger partial charge in [-0.3, -0.25) is 0 Å². The maximum absolute atomic E-state index is 11.8. The van der Waals surface area contributed by atoms with Gasteiger partial charge in [-0.05, 0) is 22.4 Å². The summed E-state index contributed by atoms with van der Waals surface area (Å²) < 4.78 is 0. The maximum Gasteiger partial charge on any atom is 0.325 e. The number of hydrogen-bond acceptors (Lipinski definition) is 3. The minimum atomic E-state index is -0.326. The van der Waals surface area contributed by atoms with E-state index in [1.807, 2.05) is 5.38 Å². The molecule has 0 aliphatic carbocycles. The molecule has 1 aromatic rings. The Hall–Kier alpha value is -1.56. The van der Waals surface area contributed by atoms with Crippen LogP contribution in [0.5, 0.6) is 0 Å². The van der Waals surface area contributed by atoms with E-state index >= 15 is 0 Å². The number of nitrogens with one attached hydrogen (secondary N) is 2. The van der Waals surface area contributed by atoms with Crippen molar-refractivity contribution in [1.29, 1.82) is 0 Å². The largest absolute Gasteiger partial charge is 0.337 e. The van der Waals surface area contributed by atoms with Gasteiger partial charge in [0.05, 0.1) is 0 Å². The van der Waals surface area contributed by atoms with Gasteiger partial charge in [-0.25, -0.2) is 14.5 Å². The molecular formula is C12H17N3O2S. The van der Waals surface area contributed by atoms with E-state index in [1.165, 1.54) is 10.5 Å². The van der Waals surface area contributed by atoms with Crippen LogP contribution < -0.4 is 10.6 Å². The highest BCUT2D eigenvalue weighted by Gasteiger charge is 2.28. The van der Waals surface area contributed by atoms with Crippen molar-refractivity contribution >= 4 is 23.4 Å². The number of nitrogens with zero attached hydrogens (tertiary/aromatic N) is 1. The molecule has 0 spiro atoms. The number of amides is 4. The number of urea groups is 2. The average Bonchev–Trinajstić information content (AvgIpc) is 2.96. The van der Waals surface area contributed by atoms with E-state index < -0.39 is 0 Å². The summed E-state index contributed by atoms with van der Waals surface area (Å²) in [5, 5.41) is 9.52. The van der Waals surface area contributed by atoms with Crippen molar-refractivity contribution < 1.29 is 9.59 Å². The van der Waals surface area contributed by atoms with Crippen LogP contribution in [0.15, 0.2) is 16.8 Å². The zero-order valence-electron chi connectivity index (χ0n) is 10.5. The van der Waals surface area contributed by atoms with E-state index in [0.717, 1.165) is 0 Å². The molecule has 0 saturated carbocycles. The molecule has 2 N–H and O–H groups in total. The van der Waals surface area contributed by atoms with E-state index in [-0.39, 0.29) is 17.5 Å². The predicted octanol–water partition coefficient (Wildman–Crippen LogP) is 1.76. The third-order valence-electron chi connectivity index (χ3n) is 3.09. The first kappa shape index (κ1) is 12.9. The highest BCUT2D eigenvalue weighted by atomic mass is 32.1. The number of thiophene rings is 1. The Balaban J connectivity index is 1.91. The SMILES string of the molecule is CC(C)(CNC(=O)N1CCNC1=O)c1ccsc1. The first-order valence-corrected chi connectivity index (χ1v) is 6.81. The van der Waals surface area contributed by atoms with Gasteiger partial charge in [0.25, 0.3) is 0 Å². The van der Waals surface area contributed by atoms with E-state index in [2.05, 4.69) is 35.9 Å². The molecule has 0 unspecified atom stereocenters. The van der Waals surface area contributed by atoms with Crippen molar-refractivity contribution in [2.24, 2.45) is 0 Å². The molecule has 6 heteroatoms. The molecule has 1 saturated heterocycles. The zero-order valence-corrected chi connectivity index (χ0v) is 11.3. The fraction of sp³-hybridized carbons (Fsp3) is 0.500. The van der Waals surface area contributed by atoms with Gasteiger partial charge >= 0.3 is 12.1 Å². The lowest BCUT2D eigenvalue weighted by molar-refractivity contribution is 0.197. The minimum absolute atomic E-state index is 0.133. The van der Waals surface area contributed by atoms with E-state index in [0.29, 0.717) is 19.6 Å². The van der Waals surface area contributed by atoms with Gasteiger partial charge < -0.3 is 10.6 Å². The number of carbonyl (C=O) groups excluding carboxylic acids is 2. The predicted molar refractivity (Wildman–Crippen MR) is 70.8 cm³/mol. The monoisotopic (exact) mass is 267 g/mol. The lowest BCUT2D eigenvalue weighted by Crippen LogP contribution is -2.45. The summed E-state index contributed by atoms with van der Waals surface area (Å²) in [5.41, 5.74) is 1.06. The zero-order chi connectivity index (χ0) is 13.2. The molecule has 1 aliphatic rings. The Kier molecular flexibility index (Phi) is 3.56. The Morgan fingerprint density at radius 1 is 1.61 bits per heavy atom. The van der Waals surface area contributed by atoms with Crippen LogP contribution in [0.2, 0.25) is 0 Å². The first-order chi connectivity index (χ1) is 8.50. The van der Waals surface area contributed by atoms with E-state index in [9.17, 15) is 9.59 Å². The van der Waals surface area contributed by atoms with E-state index in [1.54, 1.807) is 11.3 Å². The lowest BCUT2D eigenvalue weighted by Gasteiger charge is -2.25. The summed E-state index contributed by atoms with van der Waals surface area (Å²) in [6.07, 6.45) is 0. The van der Waals surface area contributed by atoms with Crippen LogP contribution in [-0.2, 0) is 5.41 Å². The smallest absolute Gasteiger partial charge is 0.325 e. The molecule has 0 bridgehead atoms. The molecule has 5 nitrogen and oxygen atoms in total. The summed E-state index contributed by atoms with van der Waals surface area (Å²) in [7, 11) is 0. The second-order valence-electron chi connectivity index (χ2n) is 4.94. The Morgan fingerprint density at radius 2 is 2.39 bits per heavy atom. The third kappa shape index (κ3) is 2.64. The van der Waals surface area contributed by atoms with Gasteiger partial charge in [0.2, 0.25) is 0 Å². The van der Waals surface area contributed by atoms with Crippen LogP contribution in [0.25, 0.3) is 0 Å². The highest BCUT2D eigenvalue weighted by molar-refractivity contribution is 7.08. The van der Waals surface area contributed by atoms with Crippen LogP contribution in [0.1, 0.15) is 19.4 Å². The summed E-state index contributed by atoms with van der Waals surface area (Å²) in [5.74, 6) is 0. The molecule has 18 heavy (non-hydrogen) atoms. The molecule has 0 aromatic carbocycles. The molecule has 0 atom stereocenters. The molecule has 1 aromatic heterocycles.